The lowest BCUT2D eigenvalue weighted by atomic mass is 9.84. The molecule has 22 heavy (non-hydrogen) atoms. The van der Waals surface area contributed by atoms with Gasteiger partial charge in [0.2, 0.25) is 0 Å². The summed E-state index contributed by atoms with van der Waals surface area (Å²) in [4.78, 5) is 0. The topological polar surface area (TPSA) is 55.3 Å². The first-order valence-corrected chi connectivity index (χ1v) is 7.81. The normalized spacial score (nSPS) is 12.3. The minimum atomic E-state index is 0.360. The van der Waals surface area contributed by atoms with Crippen molar-refractivity contribution in [3.8, 4) is 0 Å². The van der Waals surface area contributed by atoms with Crippen LogP contribution in [-0.2, 0) is 0 Å². The largest absolute Gasteiger partial charge is 0.397 e. The Morgan fingerprint density at radius 1 is 1.05 bits per heavy atom. The van der Waals surface area contributed by atoms with Crippen molar-refractivity contribution in [3.05, 3.63) is 58.1 Å². The molecule has 0 aromatic heterocycles. The number of rotatable bonds is 4. The third-order valence-electron chi connectivity index (χ3n) is 4.63. The Bertz CT molecular complexity index is 675. The monoisotopic (exact) mass is 297 g/mol. The van der Waals surface area contributed by atoms with Crippen molar-refractivity contribution in [3.63, 3.8) is 0 Å². The highest BCUT2D eigenvalue weighted by Crippen LogP contribution is 2.36. The summed E-state index contributed by atoms with van der Waals surface area (Å²) >= 11 is 0. The first-order valence-electron chi connectivity index (χ1n) is 7.81. The van der Waals surface area contributed by atoms with E-state index in [1.807, 2.05) is 13.1 Å². The smallest absolute Gasteiger partial charge is 0.0746 e. The van der Waals surface area contributed by atoms with Crippen LogP contribution >= 0.6 is 0 Å². The second-order valence-corrected chi connectivity index (χ2v) is 6.13. The molecule has 2 aromatic carbocycles. The Kier molecular flexibility index (Phi) is 4.77. The summed E-state index contributed by atoms with van der Waals surface area (Å²) in [6.45, 7) is 8.62. The van der Waals surface area contributed by atoms with Crippen molar-refractivity contribution in [2.45, 2.75) is 40.0 Å². The van der Waals surface area contributed by atoms with Gasteiger partial charge < -0.3 is 10.7 Å². The number of nitrogens with zero attached hydrogens (tertiary/aromatic N) is 1. The van der Waals surface area contributed by atoms with E-state index < -0.39 is 0 Å². The molecule has 3 heteroatoms. The fraction of sp³-hybridized carbons (Fsp3) is 0.368. The van der Waals surface area contributed by atoms with E-state index in [1.165, 1.54) is 22.3 Å². The van der Waals surface area contributed by atoms with Gasteiger partial charge in [0.1, 0.15) is 0 Å². The molecular formula is C19H27N3. The number of hydrazine groups is 1. The van der Waals surface area contributed by atoms with Crippen molar-refractivity contribution < 1.29 is 0 Å². The lowest BCUT2D eigenvalue weighted by molar-refractivity contribution is 0.770. The zero-order valence-corrected chi connectivity index (χ0v) is 14.3. The molecule has 0 radical (unpaired) electrons. The second kappa shape index (κ2) is 6.41. The maximum Gasteiger partial charge on any atom is 0.0746 e. The molecule has 2 rings (SSSR count). The minimum absolute atomic E-state index is 0.360. The molecule has 0 bridgehead atoms. The fourth-order valence-corrected chi connectivity index (χ4v) is 3.03. The van der Waals surface area contributed by atoms with E-state index in [2.05, 4.69) is 52.0 Å². The quantitative estimate of drug-likeness (QED) is 0.508. The van der Waals surface area contributed by atoms with Crippen LogP contribution in [0.2, 0.25) is 0 Å². The second-order valence-electron chi connectivity index (χ2n) is 6.13. The van der Waals surface area contributed by atoms with Crippen LogP contribution in [0.25, 0.3) is 0 Å². The molecule has 118 valence electrons. The molecule has 1 atom stereocenters. The van der Waals surface area contributed by atoms with E-state index in [-0.39, 0.29) is 0 Å². The summed E-state index contributed by atoms with van der Waals surface area (Å²) in [6, 6.07) is 10.9. The summed E-state index contributed by atoms with van der Waals surface area (Å²) in [7, 11) is 1.81. The number of nitrogens with two attached hydrogens (primary N) is 2. The molecular weight excluding hydrogens is 270 g/mol. The van der Waals surface area contributed by atoms with Gasteiger partial charge in [0.15, 0.2) is 0 Å². The molecule has 0 fully saturated rings. The fourth-order valence-electron chi connectivity index (χ4n) is 3.03. The van der Waals surface area contributed by atoms with Crippen LogP contribution in [0.3, 0.4) is 0 Å². The van der Waals surface area contributed by atoms with Crippen LogP contribution in [-0.4, -0.2) is 7.05 Å². The predicted octanol–water partition coefficient (Wildman–Crippen LogP) is 4.05. The van der Waals surface area contributed by atoms with E-state index in [4.69, 9.17) is 11.6 Å². The van der Waals surface area contributed by atoms with Crippen molar-refractivity contribution in [2.75, 3.05) is 17.8 Å². The van der Waals surface area contributed by atoms with Gasteiger partial charge in [-0.1, -0.05) is 31.2 Å². The molecule has 0 saturated heterocycles. The Morgan fingerprint density at radius 3 is 2.27 bits per heavy atom. The molecule has 0 unspecified atom stereocenters. The van der Waals surface area contributed by atoms with Gasteiger partial charge in [0.05, 0.1) is 11.4 Å². The van der Waals surface area contributed by atoms with Crippen LogP contribution < -0.4 is 16.6 Å². The van der Waals surface area contributed by atoms with Crippen molar-refractivity contribution in [2.24, 2.45) is 5.84 Å². The molecule has 3 nitrogen and oxygen atoms in total. The third-order valence-corrected chi connectivity index (χ3v) is 4.63. The van der Waals surface area contributed by atoms with Gasteiger partial charge in [-0.3, -0.25) is 0 Å². The first kappa shape index (κ1) is 16.4. The van der Waals surface area contributed by atoms with E-state index in [1.54, 1.807) is 5.01 Å². The lowest BCUT2D eigenvalue weighted by Crippen LogP contribution is -2.26. The van der Waals surface area contributed by atoms with E-state index >= 15 is 0 Å². The van der Waals surface area contributed by atoms with Crippen LogP contribution in [0.1, 0.15) is 47.1 Å². The summed E-state index contributed by atoms with van der Waals surface area (Å²) in [5.41, 5.74) is 14.3. The molecule has 0 aliphatic carbocycles. The van der Waals surface area contributed by atoms with E-state index in [0.29, 0.717) is 5.92 Å². The number of hydrogen-bond acceptors (Lipinski definition) is 3. The predicted molar refractivity (Wildman–Crippen MR) is 96.2 cm³/mol. The van der Waals surface area contributed by atoms with Crippen LogP contribution in [0.15, 0.2) is 30.3 Å². The van der Waals surface area contributed by atoms with Gasteiger partial charge in [-0.05, 0) is 61.1 Å². The van der Waals surface area contributed by atoms with Crippen LogP contribution in [0, 0.1) is 20.8 Å². The van der Waals surface area contributed by atoms with E-state index in [9.17, 15) is 0 Å². The number of nitrogen functional groups attached to an aromatic ring is 1. The molecule has 0 aliphatic heterocycles. The van der Waals surface area contributed by atoms with Crippen molar-refractivity contribution >= 4 is 11.4 Å². The molecule has 0 aliphatic rings. The summed E-state index contributed by atoms with van der Waals surface area (Å²) in [5.74, 6) is 6.20. The zero-order valence-electron chi connectivity index (χ0n) is 14.3. The standard InChI is InChI=1S/C19H27N3/c1-6-16(15-8-7-12(2)13(3)11-15)17-9-10-18(22(5)21)19(20)14(17)4/h7-11,16H,6,20-21H2,1-5H3/t16-/m1/s1. The maximum absolute atomic E-state index is 6.29. The zero-order chi connectivity index (χ0) is 16.4. The number of aryl methyl sites for hydroxylation is 2. The summed E-state index contributed by atoms with van der Waals surface area (Å²) in [6.07, 6.45) is 1.04. The number of benzene rings is 2. The average molecular weight is 297 g/mol. The Balaban J connectivity index is 2.52. The third kappa shape index (κ3) is 2.95. The number of anilines is 2. The molecule has 0 saturated carbocycles. The SMILES string of the molecule is CC[C@H](c1ccc(C)c(C)c1)c1ccc(N(C)N)c(N)c1C. The van der Waals surface area contributed by atoms with Gasteiger partial charge in [0.25, 0.3) is 0 Å². The van der Waals surface area contributed by atoms with Crippen molar-refractivity contribution in [1.29, 1.82) is 0 Å². The Labute approximate surface area is 133 Å². The van der Waals surface area contributed by atoms with Gasteiger partial charge >= 0.3 is 0 Å². The van der Waals surface area contributed by atoms with Gasteiger partial charge in [-0.15, -0.1) is 0 Å². The Hall–Kier alpha value is -2.00. The van der Waals surface area contributed by atoms with E-state index in [0.717, 1.165) is 23.4 Å². The lowest BCUT2D eigenvalue weighted by Gasteiger charge is -2.23. The molecule has 0 spiro atoms. The Morgan fingerprint density at radius 2 is 1.73 bits per heavy atom. The highest BCUT2D eigenvalue weighted by Gasteiger charge is 2.18. The summed E-state index contributed by atoms with van der Waals surface area (Å²) < 4.78 is 0. The molecule has 2 aromatic rings. The highest BCUT2D eigenvalue weighted by atomic mass is 15.4. The minimum Gasteiger partial charge on any atom is -0.397 e. The molecule has 4 N–H and O–H groups in total. The van der Waals surface area contributed by atoms with Crippen molar-refractivity contribution in [1.82, 2.24) is 0 Å². The van der Waals surface area contributed by atoms with Gasteiger partial charge in [-0.2, -0.15) is 0 Å². The van der Waals surface area contributed by atoms with Crippen LogP contribution in [0.4, 0.5) is 11.4 Å². The molecule has 0 amide bonds. The molecule has 0 heterocycles. The van der Waals surface area contributed by atoms with Crippen LogP contribution in [0.5, 0.6) is 0 Å². The van der Waals surface area contributed by atoms with Gasteiger partial charge in [0, 0.05) is 13.0 Å². The summed E-state index contributed by atoms with van der Waals surface area (Å²) in [5, 5.41) is 1.57. The van der Waals surface area contributed by atoms with Gasteiger partial charge in [-0.25, -0.2) is 5.84 Å². The number of hydrogen-bond donors (Lipinski definition) is 2. The first-order chi connectivity index (χ1) is 10.4. The average Bonchev–Trinajstić information content (AvgIpc) is 2.47. The highest BCUT2D eigenvalue weighted by molar-refractivity contribution is 5.72. The maximum atomic E-state index is 6.29.